The van der Waals surface area contributed by atoms with Crippen molar-refractivity contribution in [2.75, 3.05) is 0 Å². The number of halogens is 4. The fourth-order valence-electron chi connectivity index (χ4n) is 18.7. The van der Waals surface area contributed by atoms with Gasteiger partial charge in [-0.2, -0.15) is 0 Å². The van der Waals surface area contributed by atoms with Crippen LogP contribution in [0.2, 0.25) is 0 Å². The number of imidazole rings is 4. The van der Waals surface area contributed by atoms with Gasteiger partial charge in [0.15, 0.2) is 0 Å². The van der Waals surface area contributed by atoms with Crippen LogP contribution < -0.4 is 9.47 Å². The van der Waals surface area contributed by atoms with Crippen LogP contribution in [0, 0.1) is 12.1 Å². The van der Waals surface area contributed by atoms with Gasteiger partial charge < -0.3 is 18.3 Å². The van der Waals surface area contributed by atoms with Crippen molar-refractivity contribution < 1.29 is 42.4 Å². The van der Waals surface area contributed by atoms with E-state index in [0.717, 1.165) is 138 Å². The van der Waals surface area contributed by atoms with Gasteiger partial charge in [0.2, 0.25) is 0 Å². The fraction of sp³-hybridized carbons (Fsp3) is 0.226. The molecule has 0 bridgehead atoms. The van der Waals surface area contributed by atoms with E-state index in [4.69, 9.17) is 67.1 Å². The van der Waals surface area contributed by atoms with Gasteiger partial charge in [-0.1, -0.05) is 266 Å². The second-order valence-corrected chi connectivity index (χ2v) is 54.3. The smallest absolute Gasteiger partial charge is 2.00 e. The Morgan fingerprint density at radius 3 is 0.889 bits per heavy atom. The Morgan fingerprint density at radius 2 is 0.556 bits per heavy atom. The summed E-state index contributed by atoms with van der Waals surface area (Å²) in [6.07, 6.45) is 15.8. The molecule has 0 spiro atoms. The van der Waals surface area contributed by atoms with Crippen molar-refractivity contribution in [1.29, 1.82) is 0 Å². The number of aromatic nitrogens is 10. The molecule has 0 N–H and O–H groups in total. The SMILES string of the molecule is CC(C)c1cccc(C(C)C)c1-c1cnc2c3[c-]c(Oc4[c-]c5c(cc4)c4cnccc4n4c(-c6c(C(C)C)cccc6C(C)C)cnc54)ccc3c3ccccc3n12.CC(C)c1cccc(C(C)C)c1-c1cnc2c3cc(Oc4ccc5c6cnccc6n6c(-c7c(C(C)C)cccc7C(C)C)cnc6c5c4)ccc3c3ccccc3n12.[Cl][Pt]([Cl])([Cl])[Cl].[K][K].[Pt+2]. The Hall–Kier alpha value is -7.25. The molecular formula is C106H96Cl4K2N10O2Pt2. The van der Waals surface area contributed by atoms with Crippen molar-refractivity contribution in [3.05, 3.63) is 300 Å². The molecule has 0 fully saturated rings. The minimum absolute atomic E-state index is 0. The first-order valence-corrected chi connectivity index (χ1v) is 70.7. The molecule has 10 heterocycles. The molecule has 12 nitrogen and oxygen atoms in total. The van der Waals surface area contributed by atoms with Gasteiger partial charge in [0.1, 0.15) is 22.8 Å². The summed E-state index contributed by atoms with van der Waals surface area (Å²) in [4.78, 5) is 29.8. The summed E-state index contributed by atoms with van der Waals surface area (Å²) in [5.41, 5.74) is 27.9. The average molecular weight is 2150 g/mol. The largest absolute Gasteiger partial charge is 2.00 e. The maximum absolute atomic E-state index is 6.81. The van der Waals surface area contributed by atoms with Gasteiger partial charge in [0.05, 0.1) is 57.5 Å². The Balaban J connectivity index is 0.000000172. The number of fused-ring (bicyclic) bond motifs is 24. The molecule has 126 heavy (non-hydrogen) atoms. The summed E-state index contributed by atoms with van der Waals surface area (Å²) in [5, 5.41) is 12.6. The van der Waals surface area contributed by atoms with Crippen LogP contribution >= 0.6 is 37.7 Å². The molecule has 0 aliphatic carbocycles. The van der Waals surface area contributed by atoms with Gasteiger partial charge in [-0.15, -0.1) is 12.1 Å². The van der Waals surface area contributed by atoms with Crippen LogP contribution in [0.1, 0.15) is 203 Å². The third-order valence-electron chi connectivity index (χ3n) is 24.3. The first-order chi connectivity index (χ1) is 60.2. The minimum atomic E-state index is -3.06. The molecule has 0 aliphatic heterocycles. The van der Waals surface area contributed by atoms with E-state index in [1.54, 1.807) is 0 Å². The van der Waals surface area contributed by atoms with Gasteiger partial charge in [-0.3, -0.25) is 28.7 Å². The Kier molecular flexibility index (Phi) is 28.0. The Morgan fingerprint density at radius 1 is 0.286 bits per heavy atom. The third kappa shape index (κ3) is 17.3. The zero-order valence-corrected chi connectivity index (χ0v) is 88.0. The molecule has 20 aromatic rings. The van der Waals surface area contributed by atoms with Gasteiger partial charge >= 0.3 is 134 Å². The molecule has 20 heteroatoms. The van der Waals surface area contributed by atoms with E-state index in [0.29, 0.717) is 58.8 Å². The van der Waals surface area contributed by atoms with Gasteiger partial charge in [0.25, 0.3) is 0 Å². The molecule has 0 aliphatic rings. The molecule has 0 atom stereocenters. The molecule has 632 valence electrons. The monoisotopic (exact) mass is 2150 g/mol. The van der Waals surface area contributed by atoms with E-state index in [2.05, 4.69) is 345 Å². The van der Waals surface area contributed by atoms with Crippen LogP contribution in [-0.4, -0.2) is 111 Å². The topological polar surface area (TPSA) is 113 Å². The van der Waals surface area contributed by atoms with Crippen molar-refractivity contribution in [2.24, 2.45) is 0 Å². The summed E-state index contributed by atoms with van der Waals surface area (Å²) >= 11 is -0.556. The van der Waals surface area contributed by atoms with E-state index in [-0.39, 0.29) is 21.1 Å². The fourth-order valence-corrected chi connectivity index (χ4v) is 18.7. The van der Waals surface area contributed by atoms with Crippen LogP contribution in [0.25, 0.3) is 154 Å². The van der Waals surface area contributed by atoms with E-state index in [9.17, 15) is 0 Å². The van der Waals surface area contributed by atoms with Gasteiger partial charge in [-0.05, 0) is 174 Å². The van der Waals surface area contributed by atoms with Crippen molar-refractivity contribution in [2.45, 2.75) is 158 Å². The van der Waals surface area contributed by atoms with Crippen LogP contribution in [0.15, 0.2) is 244 Å². The standard InChI is InChI=1S/C53H49N5O.C53H47N5O.4ClH.2K.2Pt/c2*1-30(2)36-14-11-15-37(31(3)4)50(36)48-28-55-52-43-25-34(19-21-40(43)42-13-9-10-18-46(42)57(48)52)59-35-20-22-41-44(26-35)53-56-29-49(58(53)47-23-24-54-27-45(41)47)51-38(32(5)6)16-12-17-39(51)33(7)8;;;;;;;;/h9-33H,1-8H3;9-24,27-33H,1-8H3;4*1H;;;;/q;-2;;;;;;;+2;+4/p-4. The number of benzene rings is 10. The minimum Gasteiger partial charge on any atom is 2.00 e. The number of hydrogen-bond donors (Lipinski definition) is 0. The molecule has 20 rings (SSSR count). The predicted molar refractivity (Wildman–Crippen MR) is 524 cm³/mol. The van der Waals surface area contributed by atoms with Crippen molar-refractivity contribution >= 4 is 210 Å². The summed E-state index contributed by atoms with van der Waals surface area (Å²) < 4.78 is 22.8. The normalized spacial score (nSPS) is 12.2. The predicted octanol–water partition coefficient (Wildman–Crippen LogP) is 30.8. The number of ether oxygens (including phenoxy) is 2. The molecule has 0 saturated heterocycles. The van der Waals surface area contributed by atoms with E-state index >= 15 is 0 Å². The van der Waals surface area contributed by atoms with Crippen molar-refractivity contribution in [3.63, 3.8) is 0 Å². The summed E-state index contributed by atoms with van der Waals surface area (Å²) in [6.45, 7) is 36.3. The maximum atomic E-state index is 6.81. The Bertz CT molecular complexity index is 6610. The summed E-state index contributed by atoms with van der Waals surface area (Å²) in [6, 6.07) is 76.6. The van der Waals surface area contributed by atoms with E-state index in [1.165, 1.54) is 135 Å². The van der Waals surface area contributed by atoms with Crippen molar-refractivity contribution in [3.8, 4) is 68.0 Å². The maximum Gasteiger partial charge on any atom is 2.00 e. The molecular weight excluding hydrogens is 2060 g/mol. The molecule has 10 aromatic heterocycles. The van der Waals surface area contributed by atoms with E-state index in [1.807, 2.05) is 49.3 Å². The number of rotatable bonds is 16. The van der Waals surface area contributed by atoms with Crippen LogP contribution in [0.3, 0.4) is 0 Å². The Labute approximate surface area is 815 Å². The van der Waals surface area contributed by atoms with Crippen molar-refractivity contribution in [1.82, 2.24) is 47.5 Å². The number of hydrogen-bond acceptors (Lipinski definition) is 8. The van der Waals surface area contributed by atoms with Crippen LogP contribution in [0.4, 0.5) is 0 Å². The van der Waals surface area contributed by atoms with Gasteiger partial charge in [-0.25, -0.2) is 9.97 Å². The first kappa shape index (κ1) is 92.0. The second-order valence-electron chi connectivity index (χ2n) is 34.6. The summed E-state index contributed by atoms with van der Waals surface area (Å²) in [7, 11) is 20.0. The number of para-hydroxylation sites is 2. The molecule has 10 aromatic carbocycles. The zero-order chi connectivity index (χ0) is 87.9. The van der Waals surface area contributed by atoms with Gasteiger partial charge in [0, 0.05) is 104 Å². The average Bonchev–Trinajstić information content (AvgIpc) is 1.53. The number of nitrogens with zero attached hydrogens (tertiary/aromatic N) is 10. The first-order valence-electron chi connectivity index (χ1n) is 43.4. The second kappa shape index (κ2) is 38.3. The van der Waals surface area contributed by atoms with Crippen LogP contribution in [-0.2, 0) is 33.0 Å². The molecule has 0 unspecified atom stereocenters. The number of pyridine rings is 6. The molecule has 0 radical (unpaired) electrons. The van der Waals surface area contributed by atoms with Crippen LogP contribution in [0.5, 0.6) is 23.0 Å². The zero-order valence-electron chi connectivity index (χ0n) is 74.1. The molecule has 0 amide bonds. The van der Waals surface area contributed by atoms with E-state index < -0.39 is 11.9 Å². The molecule has 0 saturated carbocycles. The third-order valence-corrected chi connectivity index (χ3v) is 24.3. The summed E-state index contributed by atoms with van der Waals surface area (Å²) in [5.74, 6) is 5.48. The quantitative estimate of drug-likeness (QED) is 0.0534.